The Morgan fingerprint density at radius 3 is 2.29 bits per heavy atom. The zero-order chi connectivity index (χ0) is 15.7. The Bertz CT molecular complexity index is 459. The van der Waals surface area contributed by atoms with Crippen molar-refractivity contribution < 1.29 is 9.53 Å². The molecule has 0 bridgehead atoms. The van der Waals surface area contributed by atoms with Gasteiger partial charge in [-0.3, -0.25) is 0 Å². The van der Waals surface area contributed by atoms with Crippen molar-refractivity contribution in [3.63, 3.8) is 0 Å². The molecule has 21 heavy (non-hydrogen) atoms. The molecule has 1 saturated carbocycles. The van der Waals surface area contributed by atoms with Gasteiger partial charge in [0, 0.05) is 5.92 Å². The molecule has 3 heteroatoms. The number of aliphatic hydroxyl groups is 1. The molecule has 0 aliphatic heterocycles. The largest absolute Gasteiger partial charge is 0.413 e. The minimum absolute atomic E-state index is 0.120. The fraction of sp³-hybridized carbons (Fsp3) is 0.667. The summed E-state index contributed by atoms with van der Waals surface area (Å²) in [5.74, 6) is 0.520. The lowest BCUT2D eigenvalue weighted by Crippen LogP contribution is -2.44. The third kappa shape index (κ3) is 3.76. The van der Waals surface area contributed by atoms with Gasteiger partial charge >= 0.3 is 0 Å². The normalized spacial score (nSPS) is 23.5. The van der Waals surface area contributed by atoms with Crippen molar-refractivity contribution in [3.05, 3.63) is 35.4 Å². The van der Waals surface area contributed by atoms with E-state index in [2.05, 4.69) is 46.0 Å². The maximum absolute atomic E-state index is 9.17. The third-order valence-corrected chi connectivity index (χ3v) is 9.80. The number of rotatable bonds is 4. The molecule has 1 N–H and O–H groups in total. The van der Waals surface area contributed by atoms with E-state index in [0.29, 0.717) is 12.0 Å². The van der Waals surface area contributed by atoms with E-state index in [1.807, 2.05) is 12.1 Å². The summed E-state index contributed by atoms with van der Waals surface area (Å²) in [6, 6.07) is 8.42. The van der Waals surface area contributed by atoms with Gasteiger partial charge in [-0.2, -0.15) is 0 Å². The average molecular weight is 307 g/mol. The molecule has 1 fully saturated rings. The fourth-order valence-electron chi connectivity index (χ4n) is 2.87. The van der Waals surface area contributed by atoms with Crippen molar-refractivity contribution in [2.75, 3.05) is 0 Å². The van der Waals surface area contributed by atoms with E-state index in [9.17, 15) is 0 Å². The Balaban J connectivity index is 2.13. The van der Waals surface area contributed by atoms with Gasteiger partial charge in [0.1, 0.15) is 0 Å². The van der Waals surface area contributed by atoms with Crippen LogP contribution in [0.2, 0.25) is 18.1 Å². The van der Waals surface area contributed by atoms with E-state index in [1.54, 1.807) is 0 Å². The van der Waals surface area contributed by atoms with Gasteiger partial charge in [-0.05, 0) is 42.1 Å². The first-order chi connectivity index (χ1) is 9.74. The summed E-state index contributed by atoms with van der Waals surface area (Å²) >= 11 is 0. The van der Waals surface area contributed by atoms with E-state index in [-0.39, 0.29) is 11.6 Å². The van der Waals surface area contributed by atoms with E-state index < -0.39 is 8.32 Å². The van der Waals surface area contributed by atoms with Crippen molar-refractivity contribution in [2.45, 2.75) is 76.8 Å². The highest BCUT2D eigenvalue weighted by Crippen LogP contribution is 2.43. The van der Waals surface area contributed by atoms with Crippen LogP contribution in [0.25, 0.3) is 0 Å². The summed E-state index contributed by atoms with van der Waals surface area (Å²) < 4.78 is 6.68. The average Bonchev–Trinajstić information content (AvgIpc) is 2.85. The van der Waals surface area contributed by atoms with Crippen LogP contribution in [-0.4, -0.2) is 19.5 Å². The molecule has 1 aromatic carbocycles. The summed E-state index contributed by atoms with van der Waals surface area (Å²) in [6.45, 7) is 11.7. The summed E-state index contributed by atoms with van der Waals surface area (Å²) in [7, 11) is -1.70. The summed E-state index contributed by atoms with van der Waals surface area (Å²) in [4.78, 5) is 0. The minimum Gasteiger partial charge on any atom is -0.413 e. The predicted molar refractivity (Wildman–Crippen MR) is 91.0 cm³/mol. The molecule has 2 rings (SSSR count). The van der Waals surface area contributed by atoms with Crippen LogP contribution >= 0.6 is 0 Å². The molecule has 0 unspecified atom stereocenters. The fourth-order valence-corrected chi connectivity index (χ4v) is 4.27. The van der Waals surface area contributed by atoms with Crippen LogP contribution in [0.1, 0.15) is 57.1 Å². The van der Waals surface area contributed by atoms with E-state index in [1.165, 1.54) is 24.8 Å². The van der Waals surface area contributed by atoms with Crippen LogP contribution in [0.15, 0.2) is 24.3 Å². The molecule has 2 nitrogen and oxygen atoms in total. The Hall–Kier alpha value is -0.643. The Kier molecular flexibility index (Phi) is 4.96. The molecular weight excluding hydrogens is 276 g/mol. The first-order valence-electron chi connectivity index (χ1n) is 8.12. The Morgan fingerprint density at radius 2 is 1.76 bits per heavy atom. The van der Waals surface area contributed by atoms with E-state index in [0.717, 1.165) is 5.56 Å². The second-order valence-corrected chi connectivity index (χ2v) is 12.6. The van der Waals surface area contributed by atoms with E-state index in [4.69, 9.17) is 9.53 Å². The molecule has 0 heterocycles. The first kappa shape index (κ1) is 16.7. The lowest BCUT2D eigenvalue weighted by molar-refractivity contribution is 0.170. The molecule has 2 atom stereocenters. The first-order valence-corrected chi connectivity index (χ1v) is 11.0. The van der Waals surface area contributed by atoms with Crippen LogP contribution in [0.3, 0.4) is 0 Å². The summed E-state index contributed by atoms with van der Waals surface area (Å²) in [6.07, 6.45) is 4.02. The third-order valence-electron chi connectivity index (χ3n) is 5.30. The maximum atomic E-state index is 9.17. The standard InChI is InChI=1S/C18H30O2Si/c1-18(2,3)21(4,5)20-17-8-6-7-16(17)15-11-9-14(13-19)10-12-15/h9-12,16-17,19H,6-8,13H2,1-5H3/t16-,17+/m1/s1. The van der Waals surface area contributed by atoms with Gasteiger partial charge in [-0.1, -0.05) is 51.5 Å². The summed E-state index contributed by atoms with van der Waals surface area (Å²) in [5, 5.41) is 9.43. The van der Waals surface area contributed by atoms with Crippen molar-refractivity contribution in [1.29, 1.82) is 0 Å². The van der Waals surface area contributed by atoms with Gasteiger partial charge < -0.3 is 9.53 Å². The van der Waals surface area contributed by atoms with Gasteiger partial charge in [0.15, 0.2) is 8.32 Å². The smallest absolute Gasteiger partial charge is 0.192 e. The van der Waals surface area contributed by atoms with Crippen molar-refractivity contribution in [1.82, 2.24) is 0 Å². The summed E-state index contributed by atoms with van der Waals surface area (Å²) in [5.41, 5.74) is 2.35. The number of hydrogen-bond donors (Lipinski definition) is 1. The van der Waals surface area contributed by atoms with Crippen LogP contribution in [0, 0.1) is 0 Å². The van der Waals surface area contributed by atoms with Gasteiger partial charge in [0.25, 0.3) is 0 Å². The predicted octanol–water partition coefficient (Wildman–Crippen LogP) is 4.84. The van der Waals surface area contributed by atoms with Gasteiger partial charge in [0.2, 0.25) is 0 Å². The number of hydrogen-bond acceptors (Lipinski definition) is 2. The van der Waals surface area contributed by atoms with Crippen molar-refractivity contribution >= 4 is 8.32 Å². The maximum Gasteiger partial charge on any atom is 0.192 e. The SMILES string of the molecule is CC(C)(C)[Si](C)(C)O[C@H]1CCC[C@@H]1c1ccc(CO)cc1. The highest BCUT2D eigenvalue weighted by molar-refractivity contribution is 6.74. The molecule has 0 radical (unpaired) electrons. The van der Waals surface area contributed by atoms with Crippen molar-refractivity contribution in [3.8, 4) is 0 Å². The van der Waals surface area contributed by atoms with Crippen LogP contribution < -0.4 is 0 Å². The van der Waals surface area contributed by atoms with Crippen LogP contribution in [0.4, 0.5) is 0 Å². The number of benzene rings is 1. The quantitative estimate of drug-likeness (QED) is 0.807. The Morgan fingerprint density at radius 1 is 1.14 bits per heavy atom. The second kappa shape index (κ2) is 6.23. The molecule has 118 valence electrons. The second-order valence-electron chi connectivity index (χ2n) is 7.85. The molecular formula is C18H30O2Si. The highest BCUT2D eigenvalue weighted by atomic mass is 28.4. The highest BCUT2D eigenvalue weighted by Gasteiger charge is 2.42. The lowest BCUT2D eigenvalue weighted by atomic mass is 9.95. The van der Waals surface area contributed by atoms with Gasteiger partial charge in [-0.15, -0.1) is 0 Å². The topological polar surface area (TPSA) is 29.5 Å². The molecule has 0 aromatic heterocycles. The van der Waals surface area contributed by atoms with E-state index >= 15 is 0 Å². The molecule has 1 aliphatic carbocycles. The van der Waals surface area contributed by atoms with Crippen LogP contribution in [0.5, 0.6) is 0 Å². The van der Waals surface area contributed by atoms with Gasteiger partial charge in [-0.25, -0.2) is 0 Å². The molecule has 0 spiro atoms. The molecule has 0 amide bonds. The zero-order valence-electron chi connectivity index (χ0n) is 14.1. The monoisotopic (exact) mass is 306 g/mol. The minimum atomic E-state index is -1.70. The van der Waals surface area contributed by atoms with Crippen LogP contribution in [-0.2, 0) is 11.0 Å². The molecule has 1 aliphatic rings. The molecule has 1 aromatic rings. The number of aliphatic hydroxyl groups excluding tert-OH is 1. The Labute approximate surface area is 130 Å². The van der Waals surface area contributed by atoms with Gasteiger partial charge in [0.05, 0.1) is 12.7 Å². The molecule has 0 saturated heterocycles. The van der Waals surface area contributed by atoms with Crippen molar-refractivity contribution in [2.24, 2.45) is 0 Å². The zero-order valence-corrected chi connectivity index (χ0v) is 15.1. The lowest BCUT2D eigenvalue weighted by Gasteiger charge is -2.40.